The summed E-state index contributed by atoms with van der Waals surface area (Å²) in [7, 11) is 0. The Balaban J connectivity index is 2.13. The predicted molar refractivity (Wildman–Crippen MR) is 72.7 cm³/mol. The van der Waals surface area contributed by atoms with Crippen LogP contribution in [0.15, 0.2) is 29.4 Å². The zero-order chi connectivity index (χ0) is 14.5. The molecule has 0 spiro atoms. The molecule has 0 saturated carbocycles. The Labute approximate surface area is 115 Å². The van der Waals surface area contributed by atoms with Gasteiger partial charge < -0.3 is 5.11 Å². The number of non-ortho nitro benzene ring substituents is 1. The molecule has 1 aliphatic rings. The van der Waals surface area contributed by atoms with Crippen molar-refractivity contribution in [3.63, 3.8) is 0 Å². The topological polar surface area (TPSA) is 96.0 Å². The molecule has 1 aromatic rings. The van der Waals surface area contributed by atoms with E-state index in [4.69, 9.17) is 5.11 Å². The van der Waals surface area contributed by atoms with Crippen molar-refractivity contribution in [2.45, 2.75) is 25.3 Å². The average molecular weight is 277 g/mol. The third-order valence-electron chi connectivity index (χ3n) is 3.20. The Morgan fingerprint density at radius 3 is 3.00 bits per heavy atom. The summed E-state index contributed by atoms with van der Waals surface area (Å²) in [4.78, 5) is 21.3. The summed E-state index contributed by atoms with van der Waals surface area (Å²) in [6.07, 6.45) is 3.81. The zero-order valence-corrected chi connectivity index (χ0v) is 10.8. The second-order valence-electron chi connectivity index (χ2n) is 4.61. The van der Waals surface area contributed by atoms with Crippen LogP contribution in [0.25, 0.3) is 0 Å². The molecule has 0 radical (unpaired) electrons. The number of carboxylic acid groups (broad SMARTS) is 1. The first-order chi connectivity index (χ1) is 9.58. The van der Waals surface area contributed by atoms with Gasteiger partial charge in [0.2, 0.25) is 0 Å². The molecule has 0 bridgehead atoms. The van der Waals surface area contributed by atoms with Crippen LogP contribution in [0.5, 0.6) is 0 Å². The first-order valence-electron chi connectivity index (χ1n) is 6.36. The maximum Gasteiger partial charge on any atom is 0.328 e. The number of nitro groups is 1. The molecule has 1 aromatic carbocycles. The van der Waals surface area contributed by atoms with Crippen LogP contribution in [0.1, 0.15) is 24.8 Å². The molecule has 2 rings (SSSR count). The van der Waals surface area contributed by atoms with Gasteiger partial charge >= 0.3 is 5.97 Å². The molecule has 0 aliphatic carbocycles. The van der Waals surface area contributed by atoms with Crippen LogP contribution < -0.4 is 0 Å². The van der Waals surface area contributed by atoms with Crippen molar-refractivity contribution in [1.82, 2.24) is 5.01 Å². The second kappa shape index (κ2) is 6.14. The van der Waals surface area contributed by atoms with Gasteiger partial charge in [-0.3, -0.25) is 15.1 Å². The minimum Gasteiger partial charge on any atom is -0.480 e. The zero-order valence-electron chi connectivity index (χ0n) is 10.8. The first-order valence-corrected chi connectivity index (χ1v) is 6.36. The number of aliphatic carboxylic acids is 1. The molecular formula is C13H15N3O4. The predicted octanol–water partition coefficient (Wildman–Crippen LogP) is 1.87. The van der Waals surface area contributed by atoms with Crippen molar-refractivity contribution in [3.8, 4) is 0 Å². The van der Waals surface area contributed by atoms with E-state index in [9.17, 15) is 14.9 Å². The summed E-state index contributed by atoms with van der Waals surface area (Å²) >= 11 is 0. The molecule has 1 aliphatic heterocycles. The minimum atomic E-state index is -0.888. The van der Waals surface area contributed by atoms with Crippen LogP contribution >= 0.6 is 0 Å². The van der Waals surface area contributed by atoms with Crippen molar-refractivity contribution in [1.29, 1.82) is 0 Å². The highest BCUT2D eigenvalue weighted by molar-refractivity contribution is 5.81. The van der Waals surface area contributed by atoms with Gasteiger partial charge in [0, 0.05) is 24.2 Å². The number of hydrogen-bond donors (Lipinski definition) is 1. The standard InChI is InChI=1S/C13H15N3O4/c17-13(18)12-6-1-2-7-15(12)14-9-10-4-3-5-11(8-10)16(19)20/h3-5,8-9,12H,1-2,6-7H2,(H,17,18). The number of rotatable bonds is 4. The van der Waals surface area contributed by atoms with Crippen molar-refractivity contribution in [3.05, 3.63) is 39.9 Å². The van der Waals surface area contributed by atoms with Crippen molar-refractivity contribution in [2.24, 2.45) is 5.10 Å². The summed E-state index contributed by atoms with van der Waals surface area (Å²) in [5.41, 5.74) is 0.566. The molecule has 1 atom stereocenters. The Kier molecular flexibility index (Phi) is 4.29. The Morgan fingerprint density at radius 1 is 1.50 bits per heavy atom. The molecule has 7 nitrogen and oxygen atoms in total. The van der Waals surface area contributed by atoms with Gasteiger partial charge in [0.25, 0.3) is 5.69 Å². The highest BCUT2D eigenvalue weighted by atomic mass is 16.6. The van der Waals surface area contributed by atoms with Crippen LogP contribution in [-0.2, 0) is 4.79 Å². The number of nitro benzene ring substituents is 1. The van der Waals surface area contributed by atoms with Gasteiger partial charge in [-0.15, -0.1) is 0 Å². The van der Waals surface area contributed by atoms with Crippen molar-refractivity contribution < 1.29 is 14.8 Å². The molecule has 1 unspecified atom stereocenters. The largest absolute Gasteiger partial charge is 0.480 e. The van der Waals surface area contributed by atoms with Gasteiger partial charge in [-0.25, -0.2) is 4.79 Å². The number of hydrogen-bond acceptors (Lipinski definition) is 5. The highest BCUT2D eigenvalue weighted by Crippen LogP contribution is 2.18. The van der Waals surface area contributed by atoms with Gasteiger partial charge in [0.05, 0.1) is 11.1 Å². The number of hydrazone groups is 1. The normalized spacial score (nSPS) is 19.2. The molecule has 1 N–H and O–H groups in total. The summed E-state index contributed by atoms with van der Waals surface area (Å²) in [6.45, 7) is 0.586. The van der Waals surface area contributed by atoms with Crippen LogP contribution in [0.3, 0.4) is 0 Å². The lowest BCUT2D eigenvalue weighted by Gasteiger charge is -2.30. The molecule has 1 saturated heterocycles. The van der Waals surface area contributed by atoms with Crippen LogP contribution in [0, 0.1) is 10.1 Å². The first kappa shape index (κ1) is 14.0. The van der Waals surface area contributed by atoms with E-state index in [1.165, 1.54) is 23.4 Å². The van der Waals surface area contributed by atoms with E-state index in [1.807, 2.05) is 0 Å². The maximum absolute atomic E-state index is 11.1. The lowest BCUT2D eigenvalue weighted by atomic mass is 10.0. The van der Waals surface area contributed by atoms with Crippen LogP contribution in [-0.4, -0.2) is 39.8 Å². The molecular weight excluding hydrogens is 262 g/mol. The van der Waals surface area contributed by atoms with E-state index < -0.39 is 16.9 Å². The van der Waals surface area contributed by atoms with Crippen molar-refractivity contribution >= 4 is 17.9 Å². The average Bonchev–Trinajstić information content (AvgIpc) is 2.45. The molecule has 0 amide bonds. The number of carbonyl (C=O) groups is 1. The number of benzene rings is 1. The third-order valence-corrected chi connectivity index (χ3v) is 3.20. The maximum atomic E-state index is 11.1. The Morgan fingerprint density at radius 2 is 2.30 bits per heavy atom. The van der Waals surface area contributed by atoms with E-state index in [2.05, 4.69) is 5.10 Å². The quantitative estimate of drug-likeness (QED) is 0.515. The number of piperidine rings is 1. The van der Waals surface area contributed by atoms with Crippen molar-refractivity contribution in [2.75, 3.05) is 6.54 Å². The van der Waals surface area contributed by atoms with E-state index in [1.54, 1.807) is 12.1 Å². The van der Waals surface area contributed by atoms with Crippen LogP contribution in [0.2, 0.25) is 0 Å². The van der Waals surface area contributed by atoms with Gasteiger partial charge in [0.1, 0.15) is 6.04 Å². The van der Waals surface area contributed by atoms with Gasteiger partial charge in [-0.2, -0.15) is 5.10 Å². The van der Waals surface area contributed by atoms with Gasteiger partial charge in [0.15, 0.2) is 0 Å². The van der Waals surface area contributed by atoms with Gasteiger partial charge in [-0.1, -0.05) is 12.1 Å². The molecule has 1 fully saturated rings. The highest BCUT2D eigenvalue weighted by Gasteiger charge is 2.27. The molecule has 0 aromatic heterocycles. The fraction of sp³-hybridized carbons (Fsp3) is 0.385. The monoisotopic (exact) mass is 277 g/mol. The molecule has 20 heavy (non-hydrogen) atoms. The molecule has 106 valence electrons. The lowest BCUT2D eigenvalue weighted by molar-refractivity contribution is -0.384. The number of carboxylic acids is 1. The van der Waals surface area contributed by atoms with Crippen LogP contribution in [0.4, 0.5) is 5.69 Å². The minimum absolute atomic E-state index is 0.0117. The Hall–Kier alpha value is -2.44. The summed E-state index contributed by atoms with van der Waals surface area (Å²) in [5, 5.41) is 25.5. The second-order valence-corrected chi connectivity index (χ2v) is 4.61. The lowest BCUT2D eigenvalue weighted by Crippen LogP contribution is -2.41. The van der Waals surface area contributed by atoms with E-state index in [-0.39, 0.29) is 5.69 Å². The van der Waals surface area contributed by atoms with E-state index in [0.29, 0.717) is 18.5 Å². The molecule has 7 heteroatoms. The SMILES string of the molecule is O=C(O)C1CCCCN1N=Cc1cccc([N+](=O)[O-])c1. The van der Waals surface area contributed by atoms with E-state index in [0.717, 1.165) is 12.8 Å². The van der Waals surface area contributed by atoms with Gasteiger partial charge in [-0.05, 0) is 19.3 Å². The fourth-order valence-corrected chi connectivity index (χ4v) is 2.17. The molecule has 1 heterocycles. The fourth-order valence-electron chi connectivity index (χ4n) is 2.17. The number of nitrogens with zero attached hydrogens (tertiary/aromatic N) is 3. The smallest absolute Gasteiger partial charge is 0.328 e. The summed E-state index contributed by atoms with van der Waals surface area (Å²) in [5.74, 6) is -0.888. The Bertz CT molecular complexity index is 544. The van der Waals surface area contributed by atoms with E-state index >= 15 is 0 Å². The third kappa shape index (κ3) is 3.31. The summed E-state index contributed by atoms with van der Waals surface area (Å²) < 4.78 is 0. The summed E-state index contributed by atoms with van der Waals surface area (Å²) in [6, 6.07) is 5.46.